The van der Waals surface area contributed by atoms with Gasteiger partial charge in [-0.2, -0.15) is 0 Å². The molecule has 4 heteroatoms. The maximum atomic E-state index is 4.91. The Bertz CT molecular complexity index is 3090. The predicted octanol–water partition coefficient (Wildman–Crippen LogP) is 12.7. The zero-order valence-corrected chi connectivity index (χ0v) is 30.0. The second-order valence-corrected chi connectivity index (χ2v) is 15.2. The van der Waals surface area contributed by atoms with Crippen LogP contribution in [-0.2, 0) is 5.41 Å². The van der Waals surface area contributed by atoms with Crippen molar-refractivity contribution >= 4 is 65.4 Å². The lowest BCUT2D eigenvalue weighted by atomic mass is 9.83. The van der Waals surface area contributed by atoms with Gasteiger partial charge < -0.3 is 13.7 Å². The molecule has 4 heterocycles. The van der Waals surface area contributed by atoms with Crippen LogP contribution in [0.2, 0.25) is 0 Å². The highest BCUT2D eigenvalue weighted by Crippen LogP contribution is 2.49. The van der Waals surface area contributed by atoms with E-state index in [1.165, 1.54) is 82.1 Å². The third-order valence-electron chi connectivity index (χ3n) is 12.1. The first-order valence-corrected chi connectivity index (χ1v) is 18.7. The van der Waals surface area contributed by atoms with Crippen molar-refractivity contribution in [3.63, 3.8) is 0 Å². The molecule has 7 aromatic carbocycles. The summed E-state index contributed by atoms with van der Waals surface area (Å²) in [7, 11) is 0. The van der Waals surface area contributed by atoms with Crippen LogP contribution in [0.5, 0.6) is 0 Å². The Hall–Kier alpha value is -6.91. The smallest absolute Gasteiger partial charge is 0.0746 e. The van der Waals surface area contributed by atoms with Crippen LogP contribution in [-0.4, -0.2) is 18.7 Å². The number of nitrogens with zero attached hydrogens (tertiary/aromatic N) is 4. The van der Waals surface area contributed by atoms with Crippen LogP contribution < -0.4 is 0 Å². The molecule has 0 radical (unpaired) electrons. The van der Waals surface area contributed by atoms with E-state index in [4.69, 9.17) is 4.98 Å². The van der Waals surface area contributed by atoms with Crippen molar-refractivity contribution in [1.29, 1.82) is 0 Å². The van der Waals surface area contributed by atoms with Gasteiger partial charge in [-0.1, -0.05) is 98.8 Å². The van der Waals surface area contributed by atoms with Crippen molar-refractivity contribution in [3.8, 4) is 28.3 Å². The molecule has 0 amide bonds. The fourth-order valence-electron chi connectivity index (χ4n) is 9.64. The maximum Gasteiger partial charge on any atom is 0.0746 e. The fourth-order valence-corrected chi connectivity index (χ4v) is 9.64. The molecule has 1 aliphatic carbocycles. The van der Waals surface area contributed by atoms with E-state index in [1.807, 2.05) is 6.20 Å². The van der Waals surface area contributed by atoms with Crippen molar-refractivity contribution in [2.45, 2.75) is 19.3 Å². The molecular formula is C50H34N4. The minimum Gasteiger partial charge on any atom is -0.309 e. The van der Waals surface area contributed by atoms with E-state index in [0.29, 0.717) is 0 Å². The van der Waals surface area contributed by atoms with Crippen LogP contribution in [0.15, 0.2) is 170 Å². The summed E-state index contributed by atoms with van der Waals surface area (Å²) in [5.74, 6) is 0. The van der Waals surface area contributed by atoms with Gasteiger partial charge in [0.1, 0.15) is 0 Å². The normalized spacial score (nSPS) is 13.5. The van der Waals surface area contributed by atoms with E-state index in [9.17, 15) is 0 Å². The number of hydrogen-bond acceptors (Lipinski definition) is 1. The van der Waals surface area contributed by atoms with Gasteiger partial charge in [0.15, 0.2) is 0 Å². The predicted molar refractivity (Wildman–Crippen MR) is 225 cm³/mol. The van der Waals surface area contributed by atoms with Gasteiger partial charge in [0.25, 0.3) is 0 Å². The van der Waals surface area contributed by atoms with Gasteiger partial charge >= 0.3 is 0 Å². The number of para-hydroxylation sites is 4. The molecule has 4 nitrogen and oxygen atoms in total. The molecule has 54 heavy (non-hydrogen) atoms. The van der Waals surface area contributed by atoms with Crippen molar-refractivity contribution in [3.05, 3.63) is 181 Å². The highest BCUT2D eigenvalue weighted by molar-refractivity contribution is 6.14. The molecule has 0 fully saturated rings. The first-order chi connectivity index (χ1) is 26.6. The molecular weight excluding hydrogens is 657 g/mol. The van der Waals surface area contributed by atoms with Crippen LogP contribution >= 0.6 is 0 Å². The summed E-state index contributed by atoms with van der Waals surface area (Å²) >= 11 is 0. The van der Waals surface area contributed by atoms with Gasteiger partial charge in [-0.15, -0.1) is 0 Å². The zero-order valence-electron chi connectivity index (χ0n) is 30.0. The monoisotopic (exact) mass is 690 g/mol. The number of hydrogen-bond donors (Lipinski definition) is 0. The van der Waals surface area contributed by atoms with Crippen molar-refractivity contribution in [2.24, 2.45) is 0 Å². The molecule has 4 aromatic heterocycles. The van der Waals surface area contributed by atoms with E-state index >= 15 is 0 Å². The third-order valence-corrected chi connectivity index (χ3v) is 12.1. The van der Waals surface area contributed by atoms with Gasteiger partial charge in [-0.05, 0) is 90.0 Å². The molecule has 0 saturated heterocycles. The van der Waals surface area contributed by atoms with Crippen LogP contribution in [0, 0.1) is 0 Å². The minimum atomic E-state index is -0.104. The second kappa shape index (κ2) is 10.6. The zero-order chi connectivity index (χ0) is 35.7. The van der Waals surface area contributed by atoms with Crippen molar-refractivity contribution in [2.75, 3.05) is 0 Å². The third kappa shape index (κ3) is 3.84. The van der Waals surface area contributed by atoms with Gasteiger partial charge in [-0.25, -0.2) is 0 Å². The lowest BCUT2D eigenvalue weighted by molar-refractivity contribution is 0.659. The van der Waals surface area contributed by atoms with Gasteiger partial charge in [0.2, 0.25) is 0 Å². The quantitative estimate of drug-likeness (QED) is 0.181. The fraction of sp³-hybridized carbons (Fsp3) is 0.0600. The molecule has 12 rings (SSSR count). The largest absolute Gasteiger partial charge is 0.309 e. The number of pyridine rings is 1. The Morgan fingerprint density at radius 2 is 0.778 bits per heavy atom. The molecule has 254 valence electrons. The second-order valence-electron chi connectivity index (χ2n) is 15.2. The van der Waals surface area contributed by atoms with E-state index in [2.05, 4.69) is 191 Å². The molecule has 0 spiro atoms. The van der Waals surface area contributed by atoms with Crippen LogP contribution in [0.1, 0.15) is 25.0 Å². The maximum absolute atomic E-state index is 4.91. The topological polar surface area (TPSA) is 27.7 Å². The van der Waals surface area contributed by atoms with Crippen molar-refractivity contribution < 1.29 is 0 Å². The standard InChI is InChI=1S/C50H34N4/c1-50(2)41-24-21-31(30-40(41)49-42(50)16-11-27-51-49)54-47-25-22-32(52-43-17-7-3-12-34(43)35-13-4-8-18-44(35)52)28-38(47)39-29-33(23-26-48(39)54)53-45-19-9-5-14-36(45)37-15-6-10-20-46(37)53/h3-30H,1-2H3. The van der Waals surface area contributed by atoms with Crippen LogP contribution in [0.4, 0.5) is 0 Å². The van der Waals surface area contributed by atoms with Gasteiger partial charge in [0.05, 0.1) is 38.8 Å². The molecule has 1 aliphatic rings. The first kappa shape index (κ1) is 29.6. The SMILES string of the molecule is CC1(C)c2ccc(-n3c4ccc(-n5c6ccccc6c6ccccc65)cc4c4cc(-n5c6ccccc6c6ccccc65)ccc43)cc2-c2ncccc21. The van der Waals surface area contributed by atoms with E-state index < -0.39 is 0 Å². The molecule has 0 saturated carbocycles. The Morgan fingerprint density at radius 1 is 0.370 bits per heavy atom. The highest BCUT2D eigenvalue weighted by Gasteiger charge is 2.36. The van der Waals surface area contributed by atoms with Crippen molar-refractivity contribution in [1.82, 2.24) is 18.7 Å². The van der Waals surface area contributed by atoms with E-state index in [1.54, 1.807) is 0 Å². The summed E-state index contributed by atoms with van der Waals surface area (Å²) in [5.41, 5.74) is 15.4. The number of fused-ring (bicyclic) bond motifs is 12. The van der Waals surface area contributed by atoms with E-state index in [-0.39, 0.29) is 5.41 Å². The number of benzene rings is 7. The lowest BCUT2D eigenvalue weighted by Crippen LogP contribution is -2.15. The van der Waals surface area contributed by atoms with Crippen LogP contribution in [0.3, 0.4) is 0 Å². The summed E-state index contributed by atoms with van der Waals surface area (Å²) in [4.78, 5) is 4.91. The highest BCUT2D eigenvalue weighted by atomic mass is 15.0. The average Bonchev–Trinajstić information content (AvgIpc) is 3.91. The molecule has 0 bridgehead atoms. The molecule has 0 unspecified atom stereocenters. The Kier molecular flexibility index (Phi) is 5.81. The lowest BCUT2D eigenvalue weighted by Gasteiger charge is -2.21. The van der Waals surface area contributed by atoms with Gasteiger partial charge in [0, 0.05) is 66.6 Å². The van der Waals surface area contributed by atoms with Crippen LogP contribution in [0.25, 0.3) is 93.7 Å². The minimum absolute atomic E-state index is 0.104. The summed E-state index contributed by atoms with van der Waals surface area (Å²) in [6.07, 6.45) is 1.92. The summed E-state index contributed by atoms with van der Waals surface area (Å²) in [6.45, 7) is 4.62. The molecule has 0 atom stereocenters. The summed E-state index contributed by atoms with van der Waals surface area (Å²) in [6, 6.07) is 60.3. The molecule has 0 N–H and O–H groups in total. The summed E-state index contributed by atoms with van der Waals surface area (Å²) in [5, 5.41) is 7.48. The Balaban J connectivity index is 1.16. The Morgan fingerprint density at radius 3 is 1.26 bits per heavy atom. The molecule has 11 aromatic rings. The van der Waals surface area contributed by atoms with E-state index in [0.717, 1.165) is 22.8 Å². The average molecular weight is 691 g/mol. The number of rotatable bonds is 3. The Labute approximate surface area is 311 Å². The number of aromatic nitrogens is 4. The first-order valence-electron chi connectivity index (χ1n) is 18.7. The van der Waals surface area contributed by atoms with Gasteiger partial charge in [-0.3, -0.25) is 4.98 Å². The summed E-state index contributed by atoms with van der Waals surface area (Å²) < 4.78 is 7.29. The molecule has 0 aliphatic heterocycles.